The van der Waals surface area contributed by atoms with Crippen molar-refractivity contribution < 1.29 is 0 Å². The number of aromatic nitrogens is 2. The van der Waals surface area contributed by atoms with E-state index in [9.17, 15) is 0 Å². The van der Waals surface area contributed by atoms with Crippen molar-refractivity contribution in [3.8, 4) is 0 Å². The predicted octanol–water partition coefficient (Wildman–Crippen LogP) is 1.53. The molecule has 2 aliphatic rings. The van der Waals surface area contributed by atoms with Crippen molar-refractivity contribution in [1.29, 1.82) is 0 Å². The first-order valence-corrected chi connectivity index (χ1v) is 5.86. The number of halogens is 1. The van der Waals surface area contributed by atoms with E-state index in [0.29, 0.717) is 16.9 Å². The molecule has 15 heavy (non-hydrogen) atoms. The maximum Gasteiger partial charge on any atom is 0.140 e. The molecule has 82 valence electrons. The van der Waals surface area contributed by atoms with Crippen LogP contribution in [0.5, 0.6) is 0 Å². The Bertz CT molecular complexity index is 371. The van der Waals surface area contributed by atoms with E-state index >= 15 is 0 Å². The van der Waals surface area contributed by atoms with E-state index in [0.717, 1.165) is 19.0 Å². The first kappa shape index (κ1) is 9.48. The van der Waals surface area contributed by atoms with Gasteiger partial charge in [0.2, 0.25) is 0 Å². The summed E-state index contributed by atoms with van der Waals surface area (Å²) in [6.07, 6.45) is 5.50. The molecular weight excluding hydrogens is 212 g/mol. The fraction of sp³-hybridized carbons (Fsp3) is 0.700. The minimum absolute atomic E-state index is 0.415. The van der Waals surface area contributed by atoms with Gasteiger partial charge in [0.25, 0.3) is 0 Å². The van der Waals surface area contributed by atoms with Crippen LogP contribution in [0, 0.1) is 0 Å². The maximum atomic E-state index is 5.90. The number of nitrogen functional groups attached to an aromatic ring is 1. The van der Waals surface area contributed by atoms with Gasteiger partial charge in [-0.15, -0.1) is 0 Å². The highest BCUT2D eigenvalue weighted by atomic mass is 35.5. The van der Waals surface area contributed by atoms with Crippen molar-refractivity contribution in [3.63, 3.8) is 0 Å². The van der Waals surface area contributed by atoms with Gasteiger partial charge in [-0.2, -0.15) is 5.10 Å². The number of hydrogen-bond acceptors (Lipinski definition) is 3. The Hall–Kier alpha value is -0.740. The van der Waals surface area contributed by atoms with E-state index in [4.69, 9.17) is 17.3 Å². The highest BCUT2D eigenvalue weighted by Crippen LogP contribution is 2.34. The molecule has 1 aliphatic heterocycles. The van der Waals surface area contributed by atoms with Crippen LogP contribution in [-0.4, -0.2) is 33.8 Å². The van der Waals surface area contributed by atoms with E-state index in [1.165, 1.54) is 19.4 Å². The average molecular weight is 227 g/mol. The molecule has 1 saturated carbocycles. The van der Waals surface area contributed by atoms with Crippen LogP contribution in [-0.2, 0) is 0 Å². The number of rotatable bonds is 2. The van der Waals surface area contributed by atoms with Crippen LogP contribution in [0.4, 0.5) is 5.82 Å². The summed E-state index contributed by atoms with van der Waals surface area (Å²) < 4.78 is 1.88. The fourth-order valence-electron chi connectivity index (χ4n) is 2.38. The molecule has 2 heterocycles. The van der Waals surface area contributed by atoms with Crippen molar-refractivity contribution in [2.75, 3.05) is 18.8 Å². The van der Waals surface area contributed by atoms with Crippen molar-refractivity contribution >= 4 is 17.4 Å². The molecule has 5 heteroatoms. The molecule has 1 aromatic rings. The smallest absolute Gasteiger partial charge is 0.140 e. The summed E-state index contributed by atoms with van der Waals surface area (Å²) in [6, 6.07) is 1.25. The topological polar surface area (TPSA) is 47.1 Å². The van der Waals surface area contributed by atoms with Crippen LogP contribution in [0.1, 0.15) is 25.3 Å². The third-order valence-electron chi connectivity index (χ3n) is 3.39. The minimum atomic E-state index is 0.415. The zero-order chi connectivity index (χ0) is 10.4. The molecule has 0 aromatic carbocycles. The van der Waals surface area contributed by atoms with E-state index in [1.54, 1.807) is 6.20 Å². The van der Waals surface area contributed by atoms with Gasteiger partial charge in [-0.25, -0.2) is 4.68 Å². The summed E-state index contributed by atoms with van der Waals surface area (Å²) in [7, 11) is 0. The Labute approximate surface area is 94.0 Å². The SMILES string of the molecule is Nc1c(Cl)cnn1C1CCN(C2CC2)C1. The lowest BCUT2D eigenvalue weighted by atomic mass is 10.3. The Morgan fingerprint density at radius 1 is 1.33 bits per heavy atom. The molecule has 4 nitrogen and oxygen atoms in total. The molecule has 0 radical (unpaired) electrons. The van der Waals surface area contributed by atoms with Crippen LogP contribution in [0.25, 0.3) is 0 Å². The van der Waals surface area contributed by atoms with Crippen LogP contribution >= 0.6 is 11.6 Å². The molecule has 1 aliphatic carbocycles. The molecule has 0 amide bonds. The second kappa shape index (κ2) is 3.39. The summed E-state index contributed by atoms with van der Waals surface area (Å²) in [5.74, 6) is 0.610. The molecule has 1 unspecified atom stereocenters. The van der Waals surface area contributed by atoms with Crippen molar-refractivity contribution in [2.45, 2.75) is 31.3 Å². The normalized spacial score (nSPS) is 27.4. The highest BCUT2D eigenvalue weighted by Gasteiger charge is 2.35. The Morgan fingerprint density at radius 3 is 2.73 bits per heavy atom. The van der Waals surface area contributed by atoms with Gasteiger partial charge in [-0.3, -0.25) is 4.90 Å². The number of likely N-dealkylation sites (tertiary alicyclic amines) is 1. The summed E-state index contributed by atoms with van der Waals surface area (Å²) in [4.78, 5) is 2.54. The first-order valence-electron chi connectivity index (χ1n) is 5.48. The minimum Gasteiger partial charge on any atom is -0.383 e. The van der Waals surface area contributed by atoms with Crippen molar-refractivity contribution in [3.05, 3.63) is 11.2 Å². The van der Waals surface area contributed by atoms with Crippen molar-refractivity contribution in [2.24, 2.45) is 0 Å². The summed E-state index contributed by atoms with van der Waals surface area (Å²) in [5, 5.41) is 4.81. The zero-order valence-corrected chi connectivity index (χ0v) is 9.32. The average Bonchev–Trinajstić information content (AvgIpc) is 2.89. The van der Waals surface area contributed by atoms with Gasteiger partial charge in [0.1, 0.15) is 10.8 Å². The van der Waals surface area contributed by atoms with Gasteiger partial charge in [-0.05, 0) is 19.3 Å². The van der Waals surface area contributed by atoms with E-state index in [2.05, 4.69) is 10.00 Å². The van der Waals surface area contributed by atoms with Crippen LogP contribution in [0.2, 0.25) is 5.02 Å². The number of nitrogens with zero attached hydrogens (tertiary/aromatic N) is 3. The van der Waals surface area contributed by atoms with E-state index < -0.39 is 0 Å². The third kappa shape index (κ3) is 1.62. The number of anilines is 1. The van der Waals surface area contributed by atoms with Crippen molar-refractivity contribution in [1.82, 2.24) is 14.7 Å². The lowest BCUT2D eigenvalue weighted by Gasteiger charge is -2.15. The van der Waals surface area contributed by atoms with E-state index in [1.807, 2.05) is 4.68 Å². The quantitative estimate of drug-likeness (QED) is 0.832. The largest absolute Gasteiger partial charge is 0.383 e. The Balaban J connectivity index is 1.75. The first-order chi connectivity index (χ1) is 7.25. The molecular formula is C10H15ClN4. The van der Waals surface area contributed by atoms with Gasteiger partial charge < -0.3 is 5.73 Å². The third-order valence-corrected chi connectivity index (χ3v) is 3.68. The fourth-order valence-corrected chi connectivity index (χ4v) is 2.51. The molecule has 3 rings (SSSR count). The van der Waals surface area contributed by atoms with Gasteiger partial charge in [0, 0.05) is 19.1 Å². The second-order valence-corrected chi connectivity index (χ2v) is 4.90. The van der Waals surface area contributed by atoms with E-state index in [-0.39, 0.29) is 0 Å². The van der Waals surface area contributed by atoms with Gasteiger partial charge >= 0.3 is 0 Å². The predicted molar refractivity (Wildman–Crippen MR) is 59.9 cm³/mol. The number of hydrogen-bond donors (Lipinski definition) is 1. The molecule has 1 atom stereocenters. The Kier molecular flexibility index (Phi) is 2.14. The van der Waals surface area contributed by atoms with Gasteiger partial charge in [-0.1, -0.05) is 11.6 Å². The van der Waals surface area contributed by atoms with Crippen LogP contribution in [0.3, 0.4) is 0 Å². The molecule has 2 N–H and O–H groups in total. The summed E-state index contributed by atoms with van der Waals surface area (Å²) >= 11 is 5.90. The lowest BCUT2D eigenvalue weighted by Crippen LogP contribution is -2.24. The maximum absolute atomic E-state index is 5.90. The summed E-state index contributed by atoms with van der Waals surface area (Å²) in [5.41, 5.74) is 5.87. The second-order valence-electron chi connectivity index (χ2n) is 4.49. The molecule has 0 bridgehead atoms. The zero-order valence-electron chi connectivity index (χ0n) is 8.56. The molecule has 2 fully saturated rings. The van der Waals surface area contributed by atoms with Crippen LogP contribution < -0.4 is 5.73 Å². The Morgan fingerprint density at radius 2 is 2.13 bits per heavy atom. The lowest BCUT2D eigenvalue weighted by molar-refractivity contribution is 0.310. The summed E-state index contributed by atoms with van der Waals surface area (Å²) in [6.45, 7) is 2.25. The van der Waals surface area contributed by atoms with Gasteiger partial charge in [0.15, 0.2) is 0 Å². The monoisotopic (exact) mass is 226 g/mol. The molecule has 0 spiro atoms. The standard InChI is InChI=1S/C10H15ClN4/c11-9-5-13-15(10(9)12)8-3-4-14(6-8)7-1-2-7/h5,7-8H,1-4,6,12H2. The van der Waals surface area contributed by atoms with Gasteiger partial charge in [0.05, 0.1) is 12.2 Å². The number of nitrogens with two attached hydrogens (primary N) is 1. The van der Waals surface area contributed by atoms with Crippen LogP contribution in [0.15, 0.2) is 6.20 Å². The molecule has 1 saturated heterocycles. The molecule has 1 aromatic heterocycles. The highest BCUT2D eigenvalue weighted by molar-refractivity contribution is 6.32.